The average molecular weight is 325 g/mol. The quantitative estimate of drug-likeness (QED) is 0.463. The molecule has 0 aromatic heterocycles. The van der Waals surface area contributed by atoms with Crippen LogP contribution in [0.3, 0.4) is 0 Å². The van der Waals surface area contributed by atoms with E-state index in [0.717, 1.165) is 18.0 Å². The SMILES string of the molecule is CSc1ccc(OCC(=O)N2CCN(C)CC2)c([N+](=O)[O-])c1. The molecular weight excluding hydrogens is 306 g/mol. The third-order valence-corrected chi connectivity index (χ3v) is 4.30. The van der Waals surface area contributed by atoms with E-state index in [-0.39, 0.29) is 24.0 Å². The summed E-state index contributed by atoms with van der Waals surface area (Å²) in [5.74, 6) is -0.0124. The zero-order valence-electron chi connectivity index (χ0n) is 12.7. The van der Waals surface area contributed by atoms with Gasteiger partial charge in [0, 0.05) is 37.1 Å². The predicted molar refractivity (Wildman–Crippen MR) is 84.4 cm³/mol. The van der Waals surface area contributed by atoms with Crippen molar-refractivity contribution in [3.63, 3.8) is 0 Å². The van der Waals surface area contributed by atoms with Gasteiger partial charge in [-0.2, -0.15) is 0 Å². The van der Waals surface area contributed by atoms with Crippen LogP contribution in [0.2, 0.25) is 0 Å². The number of ether oxygens (including phenoxy) is 1. The summed E-state index contributed by atoms with van der Waals surface area (Å²) in [5.41, 5.74) is -0.113. The monoisotopic (exact) mass is 325 g/mol. The normalized spacial score (nSPS) is 15.6. The number of nitro benzene ring substituents is 1. The van der Waals surface area contributed by atoms with Crippen molar-refractivity contribution in [1.82, 2.24) is 9.80 Å². The molecule has 1 aliphatic rings. The maximum atomic E-state index is 12.1. The molecule has 1 aromatic carbocycles. The van der Waals surface area contributed by atoms with Gasteiger partial charge in [-0.15, -0.1) is 11.8 Å². The molecule has 1 aliphatic heterocycles. The van der Waals surface area contributed by atoms with Crippen LogP contribution in [0.4, 0.5) is 5.69 Å². The number of carbonyl (C=O) groups excluding carboxylic acids is 1. The molecule has 1 aromatic rings. The summed E-state index contributed by atoms with van der Waals surface area (Å²) in [5, 5.41) is 11.1. The van der Waals surface area contributed by atoms with Crippen molar-refractivity contribution in [2.45, 2.75) is 4.90 Å². The molecule has 1 fully saturated rings. The van der Waals surface area contributed by atoms with Gasteiger partial charge in [-0.1, -0.05) is 0 Å². The molecule has 0 saturated carbocycles. The minimum absolute atomic E-state index is 0.113. The number of thioether (sulfide) groups is 1. The Morgan fingerprint density at radius 3 is 2.64 bits per heavy atom. The first-order valence-electron chi connectivity index (χ1n) is 6.93. The van der Waals surface area contributed by atoms with Gasteiger partial charge < -0.3 is 14.5 Å². The molecule has 0 N–H and O–H groups in total. The standard InChI is InChI=1S/C14H19N3O4S/c1-15-5-7-16(8-6-15)14(18)10-21-13-4-3-11(22-2)9-12(13)17(19)20/h3-4,9H,5-8,10H2,1-2H3. The highest BCUT2D eigenvalue weighted by Gasteiger charge is 2.21. The molecular formula is C14H19N3O4S. The number of rotatable bonds is 5. The van der Waals surface area contributed by atoms with E-state index in [1.54, 1.807) is 17.0 Å². The van der Waals surface area contributed by atoms with E-state index in [9.17, 15) is 14.9 Å². The summed E-state index contributed by atoms with van der Waals surface area (Å²) in [6.07, 6.45) is 1.84. The fourth-order valence-corrected chi connectivity index (χ4v) is 2.61. The minimum atomic E-state index is -0.491. The Morgan fingerprint density at radius 2 is 2.05 bits per heavy atom. The Balaban J connectivity index is 1.99. The molecule has 2 rings (SSSR count). The molecule has 0 atom stereocenters. The molecule has 1 heterocycles. The molecule has 0 bridgehead atoms. The Kier molecular flexibility index (Phi) is 5.62. The summed E-state index contributed by atoms with van der Waals surface area (Å²) in [4.78, 5) is 27.3. The number of nitrogens with zero attached hydrogens (tertiary/aromatic N) is 3. The third kappa shape index (κ3) is 4.11. The Bertz CT molecular complexity index is 559. The fraction of sp³-hybridized carbons (Fsp3) is 0.500. The van der Waals surface area contributed by atoms with Crippen LogP contribution in [0.15, 0.2) is 23.1 Å². The zero-order chi connectivity index (χ0) is 16.1. The van der Waals surface area contributed by atoms with Crippen molar-refractivity contribution in [3.8, 4) is 5.75 Å². The maximum absolute atomic E-state index is 12.1. The van der Waals surface area contributed by atoms with Gasteiger partial charge in [-0.25, -0.2) is 0 Å². The van der Waals surface area contributed by atoms with E-state index in [4.69, 9.17) is 4.74 Å². The van der Waals surface area contributed by atoms with Crippen LogP contribution in [-0.4, -0.2) is 66.7 Å². The van der Waals surface area contributed by atoms with Crippen LogP contribution >= 0.6 is 11.8 Å². The molecule has 8 heteroatoms. The van der Waals surface area contributed by atoms with Crippen molar-refractivity contribution >= 4 is 23.4 Å². The number of benzene rings is 1. The lowest BCUT2D eigenvalue weighted by Crippen LogP contribution is -2.48. The topological polar surface area (TPSA) is 75.9 Å². The molecule has 0 radical (unpaired) electrons. The van der Waals surface area contributed by atoms with Crippen LogP contribution in [0.1, 0.15) is 0 Å². The van der Waals surface area contributed by atoms with E-state index in [0.29, 0.717) is 13.1 Å². The van der Waals surface area contributed by atoms with Gasteiger partial charge in [0.1, 0.15) is 0 Å². The largest absolute Gasteiger partial charge is 0.477 e. The lowest BCUT2D eigenvalue weighted by atomic mass is 10.3. The van der Waals surface area contributed by atoms with Gasteiger partial charge in [0.15, 0.2) is 12.4 Å². The van der Waals surface area contributed by atoms with Crippen molar-refractivity contribution in [2.24, 2.45) is 0 Å². The van der Waals surface area contributed by atoms with Crippen LogP contribution < -0.4 is 4.74 Å². The minimum Gasteiger partial charge on any atom is -0.477 e. The summed E-state index contributed by atoms with van der Waals surface area (Å²) in [7, 11) is 2.01. The van der Waals surface area contributed by atoms with Gasteiger partial charge in [-0.05, 0) is 25.4 Å². The number of hydrogen-bond acceptors (Lipinski definition) is 6. The second-order valence-electron chi connectivity index (χ2n) is 5.06. The number of amides is 1. The Hall–Kier alpha value is -1.80. The van der Waals surface area contributed by atoms with Gasteiger partial charge >= 0.3 is 5.69 Å². The molecule has 1 amide bonds. The first kappa shape index (κ1) is 16.6. The molecule has 120 valence electrons. The Labute approximate surface area is 133 Å². The van der Waals surface area contributed by atoms with Crippen LogP contribution in [-0.2, 0) is 4.79 Å². The van der Waals surface area contributed by atoms with Crippen molar-refractivity contribution in [2.75, 3.05) is 46.1 Å². The summed E-state index contributed by atoms with van der Waals surface area (Å²) in [6, 6.07) is 4.74. The van der Waals surface area contributed by atoms with E-state index in [1.807, 2.05) is 13.3 Å². The molecule has 7 nitrogen and oxygen atoms in total. The highest BCUT2D eigenvalue weighted by atomic mass is 32.2. The van der Waals surface area contributed by atoms with Gasteiger partial charge in [0.2, 0.25) is 0 Å². The number of piperazine rings is 1. The third-order valence-electron chi connectivity index (χ3n) is 3.57. The van der Waals surface area contributed by atoms with Crippen LogP contribution in [0.25, 0.3) is 0 Å². The maximum Gasteiger partial charge on any atom is 0.312 e. The Morgan fingerprint density at radius 1 is 1.36 bits per heavy atom. The summed E-state index contributed by atoms with van der Waals surface area (Å²) >= 11 is 1.42. The van der Waals surface area contributed by atoms with E-state index >= 15 is 0 Å². The molecule has 1 saturated heterocycles. The first-order chi connectivity index (χ1) is 10.5. The summed E-state index contributed by atoms with van der Waals surface area (Å²) in [6.45, 7) is 2.80. The van der Waals surface area contributed by atoms with Gasteiger partial charge in [0.25, 0.3) is 5.91 Å². The number of likely N-dealkylation sites (N-methyl/N-ethyl adjacent to an activating group) is 1. The van der Waals surface area contributed by atoms with Crippen molar-refractivity contribution in [1.29, 1.82) is 0 Å². The van der Waals surface area contributed by atoms with E-state index < -0.39 is 4.92 Å². The lowest BCUT2D eigenvalue weighted by molar-refractivity contribution is -0.386. The molecule has 22 heavy (non-hydrogen) atoms. The number of hydrogen-bond donors (Lipinski definition) is 0. The number of carbonyl (C=O) groups is 1. The van der Waals surface area contributed by atoms with Crippen LogP contribution in [0, 0.1) is 10.1 Å². The first-order valence-corrected chi connectivity index (χ1v) is 8.15. The van der Waals surface area contributed by atoms with Gasteiger partial charge in [-0.3, -0.25) is 14.9 Å². The number of nitro groups is 1. The van der Waals surface area contributed by atoms with Gasteiger partial charge in [0.05, 0.1) is 4.92 Å². The molecule has 0 aliphatic carbocycles. The van der Waals surface area contributed by atoms with E-state index in [2.05, 4.69) is 4.90 Å². The lowest BCUT2D eigenvalue weighted by Gasteiger charge is -2.32. The zero-order valence-corrected chi connectivity index (χ0v) is 13.5. The average Bonchev–Trinajstić information content (AvgIpc) is 2.53. The molecule has 0 spiro atoms. The second-order valence-corrected chi connectivity index (χ2v) is 5.94. The van der Waals surface area contributed by atoms with E-state index in [1.165, 1.54) is 17.8 Å². The van der Waals surface area contributed by atoms with Crippen LogP contribution in [0.5, 0.6) is 5.75 Å². The predicted octanol–water partition coefficient (Wildman–Crippen LogP) is 1.47. The summed E-state index contributed by atoms with van der Waals surface area (Å²) < 4.78 is 5.38. The highest BCUT2D eigenvalue weighted by Crippen LogP contribution is 2.31. The highest BCUT2D eigenvalue weighted by molar-refractivity contribution is 7.98. The fourth-order valence-electron chi connectivity index (χ4n) is 2.18. The molecule has 0 unspecified atom stereocenters. The van der Waals surface area contributed by atoms with Crippen molar-refractivity contribution < 1.29 is 14.5 Å². The van der Waals surface area contributed by atoms with Crippen molar-refractivity contribution in [3.05, 3.63) is 28.3 Å². The smallest absolute Gasteiger partial charge is 0.312 e. The second kappa shape index (κ2) is 7.46.